The van der Waals surface area contributed by atoms with E-state index in [9.17, 15) is 4.79 Å². The maximum absolute atomic E-state index is 11.3. The van der Waals surface area contributed by atoms with E-state index < -0.39 is 0 Å². The van der Waals surface area contributed by atoms with Crippen molar-refractivity contribution in [1.82, 2.24) is 15.3 Å². The molecule has 1 aliphatic heterocycles. The number of nitrogens with one attached hydrogen (secondary N) is 1. The van der Waals surface area contributed by atoms with Gasteiger partial charge in [0.15, 0.2) is 0 Å². The molecule has 1 heterocycles. The average Bonchev–Trinajstić information content (AvgIpc) is 1.96. The summed E-state index contributed by atoms with van der Waals surface area (Å²) >= 11 is 0. The number of hydrogen-bond donors (Lipinski definition) is 1. The van der Waals surface area contributed by atoms with Gasteiger partial charge in [0.1, 0.15) is 0 Å². The number of nitrogens with zero attached hydrogens (tertiary/aromatic N) is 2. The van der Waals surface area contributed by atoms with E-state index in [1.807, 2.05) is 0 Å². The van der Waals surface area contributed by atoms with Crippen LogP contribution in [0.3, 0.4) is 0 Å². The van der Waals surface area contributed by atoms with Gasteiger partial charge in [-0.1, -0.05) is 6.92 Å². The third-order valence-corrected chi connectivity index (χ3v) is 2.31. The lowest BCUT2D eigenvalue weighted by Gasteiger charge is -2.45. The summed E-state index contributed by atoms with van der Waals surface area (Å²) in [5.74, 6) is 0.121. The first-order valence-corrected chi connectivity index (χ1v) is 4.27. The Morgan fingerprint density at radius 3 is 2.67 bits per heavy atom. The van der Waals surface area contributed by atoms with E-state index in [4.69, 9.17) is 0 Å². The van der Waals surface area contributed by atoms with Crippen molar-refractivity contribution in [3.63, 3.8) is 0 Å². The predicted octanol–water partition coefficient (Wildman–Crippen LogP) is 0.0210. The molecule has 0 aliphatic carbocycles. The number of carbonyl (C=O) groups is 1. The Morgan fingerprint density at radius 2 is 2.17 bits per heavy atom. The molecule has 0 atom stereocenters. The lowest BCUT2D eigenvalue weighted by atomic mass is 10.2. The lowest BCUT2D eigenvalue weighted by Crippen LogP contribution is -2.67. The number of likely N-dealkylation sites (N-methyl/N-ethyl adjacent to an activating group) is 2. The topological polar surface area (TPSA) is 35.6 Å². The highest BCUT2D eigenvalue weighted by molar-refractivity contribution is 5.78. The van der Waals surface area contributed by atoms with Crippen molar-refractivity contribution in [1.29, 1.82) is 0 Å². The standard InChI is InChI=1S/C8H17N3O/c1-5-11-6-7(12)10(4)9-8(11,2)3/h9H,5-6H2,1-4H3. The summed E-state index contributed by atoms with van der Waals surface area (Å²) in [5.41, 5.74) is 3.00. The minimum Gasteiger partial charge on any atom is -0.278 e. The van der Waals surface area contributed by atoms with Crippen LogP contribution in [0.2, 0.25) is 0 Å². The van der Waals surface area contributed by atoms with E-state index >= 15 is 0 Å². The van der Waals surface area contributed by atoms with Crippen LogP contribution >= 0.6 is 0 Å². The van der Waals surface area contributed by atoms with Crippen molar-refractivity contribution in [2.24, 2.45) is 0 Å². The van der Waals surface area contributed by atoms with Crippen LogP contribution in [-0.2, 0) is 4.79 Å². The second-order valence-electron chi connectivity index (χ2n) is 3.64. The molecule has 4 heteroatoms. The molecule has 4 nitrogen and oxygen atoms in total. The van der Waals surface area contributed by atoms with Gasteiger partial charge < -0.3 is 0 Å². The minimum atomic E-state index is -0.114. The van der Waals surface area contributed by atoms with Crippen LogP contribution < -0.4 is 5.43 Å². The van der Waals surface area contributed by atoms with Gasteiger partial charge in [-0.25, -0.2) is 5.43 Å². The molecule has 1 amide bonds. The molecule has 0 aromatic rings. The fourth-order valence-electron chi connectivity index (χ4n) is 1.52. The van der Waals surface area contributed by atoms with Crippen LogP contribution in [0, 0.1) is 0 Å². The van der Waals surface area contributed by atoms with Gasteiger partial charge in [-0.15, -0.1) is 0 Å². The monoisotopic (exact) mass is 171 g/mol. The van der Waals surface area contributed by atoms with Crippen molar-refractivity contribution in [2.75, 3.05) is 20.1 Å². The Bertz CT molecular complexity index is 191. The minimum absolute atomic E-state index is 0.114. The van der Waals surface area contributed by atoms with Crippen molar-refractivity contribution in [2.45, 2.75) is 26.4 Å². The van der Waals surface area contributed by atoms with Gasteiger partial charge in [0.05, 0.1) is 12.2 Å². The van der Waals surface area contributed by atoms with Crippen LogP contribution in [-0.4, -0.2) is 41.6 Å². The van der Waals surface area contributed by atoms with Crippen molar-refractivity contribution in [3.8, 4) is 0 Å². The Balaban J connectivity index is 2.72. The molecule has 1 rings (SSSR count). The van der Waals surface area contributed by atoms with E-state index in [0.29, 0.717) is 6.54 Å². The number of hydrogen-bond acceptors (Lipinski definition) is 3. The van der Waals surface area contributed by atoms with E-state index in [2.05, 4.69) is 31.1 Å². The summed E-state index contributed by atoms with van der Waals surface area (Å²) in [6.45, 7) is 7.59. The molecule has 12 heavy (non-hydrogen) atoms. The quantitative estimate of drug-likeness (QED) is 0.604. The number of amides is 1. The van der Waals surface area contributed by atoms with Crippen molar-refractivity contribution < 1.29 is 4.79 Å². The van der Waals surface area contributed by atoms with Crippen LogP contribution in [0.5, 0.6) is 0 Å². The van der Waals surface area contributed by atoms with E-state index in [1.54, 1.807) is 12.1 Å². The summed E-state index contributed by atoms with van der Waals surface area (Å²) in [6, 6.07) is 0. The molecule has 0 radical (unpaired) electrons. The second-order valence-corrected chi connectivity index (χ2v) is 3.64. The molecule has 1 fully saturated rings. The number of carbonyl (C=O) groups excluding carboxylic acids is 1. The molecular formula is C8H17N3O. The van der Waals surface area contributed by atoms with Gasteiger partial charge in [0.25, 0.3) is 5.91 Å². The second kappa shape index (κ2) is 3.03. The summed E-state index contributed by atoms with van der Waals surface area (Å²) < 4.78 is 0. The largest absolute Gasteiger partial charge is 0.278 e. The van der Waals surface area contributed by atoms with Gasteiger partial charge in [-0.05, 0) is 20.4 Å². The van der Waals surface area contributed by atoms with E-state index in [0.717, 1.165) is 6.54 Å². The summed E-state index contributed by atoms with van der Waals surface area (Å²) in [4.78, 5) is 13.4. The van der Waals surface area contributed by atoms with Crippen molar-refractivity contribution >= 4 is 5.91 Å². The summed E-state index contributed by atoms with van der Waals surface area (Å²) in [7, 11) is 1.76. The van der Waals surface area contributed by atoms with Gasteiger partial charge in [0.2, 0.25) is 0 Å². The Morgan fingerprint density at radius 1 is 1.58 bits per heavy atom. The first kappa shape index (κ1) is 9.48. The van der Waals surface area contributed by atoms with Gasteiger partial charge in [-0.3, -0.25) is 14.7 Å². The van der Waals surface area contributed by atoms with Gasteiger partial charge in [0, 0.05) is 7.05 Å². The van der Waals surface area contributed by atoms with Crippen LogP contribution in [0.25, 0.3) is 0 Å². The normalized spacial score (nSPS) is 24.7. The van der Waals surface area contributed by atoms with E-state index in [-0.39, 0.29) is 11.6 Å². The molecule has 1 aliphatic rings. The molecule has 0 unspecified atom stereocenters. The molecule has 1 N–H and O–H groups in total. The zero-order valence-electron chi connectivity index (χ0n) is 8.22. The zero-order valence-corrected chi connectivity index (χ0v) is 8.22. The summed E-state index contributed by atoms with van der Waals surface area (Å²) in [5, 5.41) is 1.56. The summed E-state index contributed by atoms with van der Waals surface area (Å²) in [6.07, 6.45) is 0. The molecule has 0 saturated carbocycles. The van der Waals surface area contributed by atoms with Gasteiger partial charge in [-0.2, -0.15) is 0 Å². The average molecular weight is 171 g/mol. The molecule has 1 saturated heterocycles. The lowest BCUT2D eigenvalue weighted by molar-refractivity contribution is -0.149. The maximum atomic E-state index is 11.3. The third kappa shape index (κ3) is 1.59. The zero-order chi connectivity index (χ0) is 9.35. The highest BCUT2D eigenvalue weighted by Gasteiger charge is 2.34. The first-order chi connectivity index (χ1) is 5.47. The van der Waals surface area contributed by atoms with Crippen LogP contribution in [0.4, 0.5) is 0 Å². The van der Waals surface area contributed by atoms with Crippen LogP contribution in [0.1, 0.15) is 20.8 Å². The van der Waals surface area contributed by atoms with E-state index in [1.165, 1.54) is 0 Å². The number of hydrazine groups is 1. The highest BCUT2D eigenvalue weighted by Crippen LogP contribution is 2.14. The smallest absolute Gasteiger partial charge is 0.250 e. The first-order valence-electron chi connectivity index (χ1n) is 4.27. The molecule has 70 valence electrons. The van der Waals surface area contributed by atoms with Gasteiger partial charge >= 0.3 is 0 Å². The van der Waals surface area contributed by atoms with Crippen LogP contribution in [0.15, 0.2) is 0 Å². The Labute approximate surface area is 73.5 Å². The highest BCUT2D eigenvalue weighted by atomic mass is 16.2. The molecule has 0 bridgehead atoms. The molecule has 0 aromatic carbocycles. The Kier molecular flexibility index (Phi) is 2.39. The molecular weight excluding hydrogens is 154 g/mol. The third-order valence-electron chi connectivity index (χ3n) is 2.31. The SMILES string of the molecule is CCN1CC(=O)N(C)NC1(C)C. The Hall–Kier alpha value is -0.610. The maximum Gasteiger partial charge on any atom is 0.250 e. The fraction of sp³-hybridized carbons (Fsp3) is 0.875. The predicted molar refractivity (Wildman–Crippen MR) is 47.2 cm³/mol. The van der Waals surface area contributed by atoms with Crippen molar-refractivity contribution in [3.05, 3.63) is 0 Å². The number of rotatable bonds is 1. The molecule has 0 aromatic heterocycles. The molecule has 0 spiro atoms. The fourth-order valence-corrected chi connectivity index (χ4v) is 1.52.